The molecule has 1 aromatic rings. The van der Waals surface area contributed by atoms with Crippen molar-refractivity contribution in [2.24, 2.45) is 5.92 Å². The van der Waals surface area contributed by atoms with E-state index in [9.17, 15) is 13.2 Å². The molecule has 4 nitrogen and oxygen atoms in total. The second-order valence-corrected chi connectivity index (χ2v) is 9.32. The fourth-order valence-corrected chi connectivity index (χ4v) is 3.87. The molecule has 132 valence electrons. The molecule has 2 rings (SSSR count). The van der Waals surface area contributed by atoms with Crippen LogP contribution in [0.5, 0.6) is 0 Å². The van der Waals surface area contributed by atoms with E-state index in [1.54, 1.807) is 11.9 Å². The van der Waals surface area contributed by atoms with E-state index >= 15 is 0 Å². The predicted octanol–water partition coefficient (Wildman–Crippen LogP) is 4.56. The number of alkyl halides is 3. The molecular weight excluding hydrogens is 345 g/mol. The second kappa shape index (κ2) is 7.57. The lowest BCUT2D eigenvalue weighted by Crippen LogP contribution is -2.30. The molecule has 1 aliphatic rings. The molecule has 0 saturated heterocycles. The summed E-state index contributed by atoms with van der Waals surface area (Å²) in [7, 11) is 0. The van der Waals surface area contributed by atoms with E-state index in [2.05, 4.69) is 40.2 Å². The van der Waals surface area contributed by atoms with E-state index < -0.39 is 12.0 Å². The van der Waals surface area contributed by atoms with Crippen molar-refractivity contribution >= 4 is 28.6 Å². The Kier molecular flexibility index (Phi) is 6.18. The summed E-state index contributed by atoms with van der Waals surface area (Å²) < 4.78 is 44.4. The van der Waals surface area contributed by atoms with Gasteiger partial charge in [-0.2, -0.15) is 22.5 Å². The van der Waals surface area contributed by atoms with Gasteiger partial charge in [-0.1, -0.05) is 11.9 Å². The van der Waals surface area contributed by atoms with Gasteiger partial charge in [-0.25, -0.2) is 0 Å². The van der Waals surface area contributed by atoms with Crippen LogP contribution in [0, 0.1) is 5.92 Å². The number of hydrogen-bond donors (Lipinski definition) is 2. The maximum absolute atomic E-state index is 12.5. The molecule has 0 bridgehead atoms. The zero-order valence-electron chi connectivity index (χ0n) is 13.5. The number of aromatic nitrogens is 2. The smallest absolute Gasteiger partial charge is 0.358 e. The van der Waals surface area contributed by atoms with Crippen molar-refractivity contribution in [3.05, 3.63) is 5.82 Å². The number of nitrogens with zero attached hydrogens (tertiary/aromatic N) is 2. The molecule has 0 aliphatic heterocycles. The molecule has 1 aliphatic carbocycles. The van der Waals surface area contributed by atoms with Gasteiger partial charge in [-0.05, 0) is 52.4 Å². The number of rotatable bonds is 5. The van der Waals surface area contributed by atoms with Gasteiger partial charge < -0.3 is 5.32 Å². The van der Waals surface area contributed by atoms with Crippen molar-refractivity contribution < 1.29 is 13.2 Å². The van der Waals surface area contributed by atoms with Crippen LogP contribution >= 0.6 is 23.5 Å². The van der Waals surface area contributed by atoms with Gasteiger partial charge >= 0.3 is 6.18 Å². The Morgan fingerprint density at radius 3 is 2.35 bits per heavy atom. The topological polar surface area (TPSA) is 49.8 Å². The second-order valence-electron chi connectivity index (χ2n) is 6.85. The molecule has 0 unspecified atom stereocenters. The average Bonchev–Trinajstić information content (AvgIpc) is 2.88. The van der Waals surface area contributed by atoms with E-state index in [1.807, 2.05) is 0 Å². The monoisotopic (exact) mass is 368 g/mol. The zero-order valence-corrected chi connectivity index (χ0v) is 15.2. The molecule has 0 aromatic carbocycles. The first-order valence-electron chi connectivity index (χ1n) is 7.72. The molecule has 1 fully saturated rings. The van der Waals surface area contributed by atoms with Crippen LogP contribution in [0.1, 0.15) is 52.3 Å². The van der Waals surface area contributed by atoms with Crippen LogP contribution in [0.15, 0.2) is 0 Å². The predicted molar refractivity (Wildman–Crippen MR) is 89.6 cm³/mol. The van der Waals surface area contributed by atoms with Crippen LogP contribution < -0.4 is 10.0 Å². The van der Waals surface area contributed by atoms with E-state index in [4.69, 9.17) is 0 Å². The Bertz CT molecular complexity index is 491. The van der Waals surface area contributed by atoms with Crippen LogP contribution in [0.4, 0.5) is 18.3 Å². The van der Waals surface area contributed by atoms with Gasteiger partial charge in [0.15, 0.2) is 0 Å². The van der Waals surface area contributed by atoms with Gasteiger partial charge in [0.25, 0.3) is 0 Å². The lowest BCUT2D eigenvalue weighted by atomic mass is 9.86. The van der Waals surface area contributed by atoms with Crippen molar-refractivity contribution in [2.75, 3.05) is 11.9 Å². The fraction of sp³-hybridized carbons (Fsp3) is 0.857. The summed E-state index contributed by atoms with van der Waals surface area (Å²) in [4.78, 5) is 3.53. The molecule has 1 saturated carbocycles. The number of anilines is 1. The van der Waals surface area contributed by atoms with Gasteiger partial charge in [0.1, 0.15) is 0 Å². The molecule has 0 spiro atoms. The van der Waals surface area contributed by atoms with E-state index in [1.165, 1.54) is 0 Å². The first kappa shape index (κ1) is 18.8. The van der Waals surface area contributed by atoms with Gasteiger partial charge in [0.2, 0.25) is 11.0 Å². The maximum atomic E-state index is 12.5. The van der Waals surface area contributed by atoms with Crippen molar-refractivity contribution in [1.82, 2.24) is 14.1 Å². The van der Waals surface area contributed by atoms with Crippen LogP contribution in [0.3, 0.4) is 0 Å². The van der Waals surface area contributed by atoms with Crippen LogP contribution in [-0.2, 0) is 6.18 Å². The van der Waals surface area contributed by atoms with Gasteiger partial charge in [0, 0.05) is 28.9 Å². The summed E-state index contributed by atoms with van der Waals surface area (Å²) in [5.41, 5.74) is 0. The first-order valence-corrected chi connectivity index (χ1v) is 9.31. The quantitative estimate of drug-likeness (QED) is 0.746. The molecule has 23 heavy (non-hydrogen) atoms. The summed E-state index contributed by atoms with van der Waals surface area (Å²) >= 11 is 2.53. The molecule has 9 heteroatoms. The molecular formula is C14H23F3N4S2. The van der Waals surface area contributed by atoms with Gasteiger partial charge in [-0.3, -0.25) is 4.72 Å². The third-order valence-corrected chi connectivity index (χ3v) is 5.17. The minimum Gasteiger partial charge on any atom is -0.358 e. The SMILES string of the molecule is CC(C)(C)SNCC1CCC(Nc2nc(C(F)(F)F)ns2)CC1. The molecule has 1 aromatic heterocycles. The van der Waals surface area contributed by atoms with Crippen molar-refractivity contribution in [2.45, 2.75) is 63.4 Å². The third-order valence-electron chi connectivity index (χ3n) is 3.60. The molecule has 0 radical (unpaired) electrons. The first-order chi connectivity index (χ1) is 10.6. The minimum atomic E-state index is -4.47. The lowest BCUT2D eigenvalue weighted by Gasteiger charge is -2.29. The number of halogens is 3. The van der Waals surface area contributed by atoms with Crippen LogP contribution in [0.25, 0.3) is 0 Å². The average molecular weight is 368 g/mol. The third kappa shape index (κ3) is 6.46. The maximum Gasteiger partial charge on any atom is 0.452 e. The highest BCUT2D eigenvalue weighted by Crippen LogP contribution is 2.31. The summed E-state index contributed by atoms with van der Waals surface area (Å²) in [6.07, 6.45) is -0.425. The highest BCUT2D eigenvalue weighted by Gasteiger charge is 2.36. The molecule has 1 heterocycles. The van der Waals surface area contributed by atoms with Crippen LogP contribution in [0.2, 0.25) is 0 Å². The largest absolute Gasteiger partial charge is 0.452 e. The van der Waals surface area contributed by atoms with Crippen molar-refractivity contribution in [1.29, 1.82) is 0 Å². The van der Waals surface area contributed by atoms with E-state index in [-0.39, 0.29) is 15.9 Å². The molecule has 0 amide bonds. The minimum absolute atomic E-state index is 0.190. The summed E-state index contributed by atoms with van der Waals surface area (Å²) in [6, 6.07) is 0.190. The summed E-state index contributed by atoms with van der Waals surface area (Å²) in [5.74, 6) is -0.426. The van der Waals surface area contributed by atoms with Crippen molar-refractivity contribution in [3.8, 4) is 0 Å². The molecule has 0 atom stereocenters. The lowest BCUT2D eigenvalue weighted by molar-refractivity contribution is -0.144. The number of nitrogens with one attached hydrogen (secondary N) is 2. The fourth-order valence-electron chi connectivity index (χ4n) is 2.46. The Hall–Kier alpha value is -0.540. The van der Waals surface area contributed by atoms with Crippen molar-refractivity contribution in [3.63, 3.8) is 0 Å². The number of hydrogen-bond acceptors (Lipinski definition) is 6. The normalized spacial score (nSPS) is 23.0. The Morgan fingerprint density at radius 2 is 1.83 bits per heavy atom. The standard InChI is InChI=1S/C14H23F3N4S2/c1-13(2,3)23-18-8-9-4-6-10(7-5-9)19-12-20-11(21-22-12)14(15,16)17/h9-10,18H,4-8H2,1-3H3,(H,19,20,21). The van der Waals surface area contributed by atoms with Crippen LogP contribution in [-0.4, -0.2) is 26.7 Å². The highest BCUT2D eigenvalue weighted by molar-refractivity contribution is 7.98. The zero-order chi connectivity index (χ0) is 17.1. The highest BCUT2D eigenvalue weighted by atomic mass is 32.2. The van der Waals surface area contributed by atoms with E-state index in [0.717, 1.165) is 43.8 Å². The van der Waals surface area contributed by atoms with Gasteiger partial charge in [0.05, 0.1) is 0 Å². The van der Waals surface area contributed by atoms with E-state index in [0.29, 0.717) is 5.92 Å². The molecule has 2 N–H and O–H groups in total. The Morgan fingerprint density at radius 1 is 1.17 bits per heavy atom. The van der Waals surface area contributed by atoms with Gasteiger partial charge in [-0.15, -0.1) is 0 Å². The summed E-state index contributed by atoms with van der Waals surface area (Å²) in [5, 5.41) is 3.36. The summed E-state index contributed by atoms with van der Waals surface area (Å²) in [6.45, 7) is 7.49. The Balaban J connectivity index is 1.71. The Labute approximate surface area is 143 Å².